The van der Waals surface area contributed by atoms with Crippen LogP contribution in [-0.2, 0) is 21.4 Å². The smallest absolute Gasteiger partial charge is 0.338 e. The van der Waals surface area contributed by atoms with E-state index in [1.54, 1.807) is 58.2 Å². The van der Waals surface area contributed by atoms with Gasteiger partial charge in [0.1, 0.15) is 6.61 Å². The molecule has 0 unspecified atom stereocenters. The largest absolute Gasteiger partial charge is 0.456 e. The van der Waals surface area contributed by atoms with E-state index in [0.717, 1.165) is 0 Å². The number of benzene rings is 1. The summed E-state index contributed by atoms with van der Waals surface area (Å²) in [6.45, 7) is 7.00. The first kappa shape index (κ1) is 19.1. The maximum atomic E-state index is 12.4. The highest BCUT2D eigenvalue weighted by Gasteiger charge is 2.23. The Bertz CT molecular complexity index is 856. The van der Waals surface area contributed by atoms with E-state index in [1.807, 2.05) is 0 Å². The Kier molecular flexibility index (Phi) is 5.59. The summed E-state index contributed by atoms with van der Waals surface area (Å²) in [5.41, 5.74) is 0.851. The van der Waals surface area contributed by atoms with Gasteiger partial charge in [0.25, 0.3) is 0 Å². The molecule has 25 heavy (non-hydrogen) atoms. The van der Waals surface area contributed by atoms with Crippen LogP contribution in [0.25, 0.3) is 0 Å². The molecule has 0 amide bonds. The van der Waals surface area contributed by atoms with Crippen molar-refractivity contribution in [3.05, 3.63) is 59.4 Å². The summed E-state index contributed by atoms with van der Waals surface area (Å²) in [5, 5.41) is 0. The minimum Gasteiger partial charge on any atom is -0.456 e. The first-order valence-electron chi connectivity index (χ1n) is 7.80. The Hall–Kier alpha value is -2.25. The van der Waals surface area contributed by atoms with Gasteiger partial charge in [0.2, 0.25) is 10.0 Å². The van der Waals surface area contributed by atoms with Crippen LogP contribution >= 0.6 is 0 Å². The van der Waals surface area contributed by atoms with Crippen LogP contribution in [0.1, 0.15) is 42.4 Å². The van der Waals surface area contributed by atoms with Gasteiger partial charge >= 0.3 is 5.97 Å². The van der Waals surface area contributed by atoms with Crippen molar-refractivity contribution < 1.29 is 17.9 Å². The third-order valence-electron chi connectivity index (χ3n) is 3.26. The molecule has 0 spiro atoms. The molecule has 134 valence electrons. The van der Waals surface area contributed by atoms with Gasteiger partial charge in [0, 0.05) is 11.7 Å². The lowest BCUT2D eigenvalue weighted by atomic mass is 10.1. The predicted octanol–water partition coefficient (Wildman–Crippen LogP) is 2.82. The summed E-state index contributed by atoms with van der Waals surface area (Å²) >= 11 is 0. The quantitative estimate of drug-likeness (QED) is 0.827. The lowest BCUT2D eigenvalue weighted by Gasteiger charge is -2.20. The third kappa shape index (κ3) is 5.37. The molecule has 0 aliphatic carbocycles. The average Bonchev–Trinajstić information content (AvgIpc) is 2.51. The molecule has 0 aliphatic heterocycles. The summed E-state index contributed by atoms with van der Waals surface area (Å²) in [6, 6.07) is 9.71. The Labute approximate surface area is 148 Å². The number of nitrogens with zero attached hydrogens (tertiary/aromatic N) is 1. The van der Waals surface area contributed by atoms with Gasteiger partial charge < -0.3 is 4.74 Å². The van der Waals surface area contributed by atoms with Gasteiger partial charge in [0.05, 0.1) is 16.2 Å². The van der Waals surface area contributed by atoms with E-state index < -0.39 is 21.5 Å². The van der Waals surface area contributed by atoms with Crippen LogP contribution in [0.2, 0.25) is 0 Å². The van der Waals surface area contributed by atoms with Crippen molar-refractivity contribution in [3.63, 3.8) is 0 Å². The number of aryl methyl sites for hydroxylation is 1. The van der Waals surface area contributed by atoms with Gasteiger partial charge in [-0.15, -0.1) is 0 Å². The molecule has 0 bridgehead atoms. The Morgan fingerprint density at radius 1 is 1.20 bits per heavy atom. The standard InChI is InChI=1S/C18H22N2O4S/c1-13-8-9-15(25(22,23)20-18(2,3)4)11-16(13)17(21)24-12-14-7-5-6-10-19-14/h5-11,20H,12H2,1-4H3. The fourth-order valence-corrected chi connectivity index (χ4v) is 3.60. The molecule has 0 atom stereocenters. The van der Waals surface area contributed by atoms with E-state index in [-0.39, 0.29) is 17.1 Å². The molecule has 0 saturated heterocycles. The monoisotopic (exact) mass is 362 g/mol. The number of carbonyl (C=O) groups is 1. The molecular formula is C18H22N2O4S. The summed E-state index contributed by atoms with van der Waals surface area (Å²) in [4.78, 5) is 16.4. The molecule has 0 aliphatic rings. The van der Waals surface area contributed by atoms with Crippen LogP contribution in [0.3, 0.4) is 0 Å². The second-order valence-corrected chi connectivity index (χ2v) is 8.41. The Balaban J connectivity index is 2.22. The molecule has 1 heterocycles. The van der Waals surface area contributed by atoms with Gasteiger partial charge in [0.15, 0.2) is 0 Å². The van der Waals surface area contributed by atoms with Crippen molar-refractivity contribution in [1.82, 2.24) is 9.71 Å². The van der Waals surface area contributed by atoms with Gasteiger partial charge in [-0.3, -0.25) is 4.98 Å². The number of aromatic nitrogens is 1. The molecule has 1 aromatic heterocycles. The first-order chi connectivity index (χ1) is 11.6. The zero-order chi connectivity index (χ0) is 18.7. The number of pyridine rings is 1. The zero-order valence-corrected chi connectivity index (χ0v) is 15.6. The number of nitrogens with one attached hydrogen (secondary N) is 1. The van der Waals surface area contributed by atoms with Crippen LogP contribution in [0.4, 0.5) is 0 Å². The van der Waals surface area contributed by atoms with E-state index in [0.29, 0.717) is 11.3 Å². The number of ether oxygens (including phenoxy) is 1. The zero-order valence-electron chi connectivity index (χ0n) is 14.7. The summed E-state index contributed by atoms with van der Waals surface area (Å²) < 4.78 is 32.7. The lowest BCUT2D eigenvalue weighted by molar-refractivity contribution is 0.0466. The highest BCUT2D eigenvalue weighted by Crippen LogP contribution is 2.19. The van der Waals surface area contributed by atoms with Gasteiger partial charge in [-0.2, -0.15) is 0 Å². The summed E-state index contributed by atoms with van der Waals surface area (Å²) in [7, 11) is -3.73. The molecule has 0 radical (unpaired) electrons. The highest BCUT2D eigenvalue weighted by atomic mass is 32.2. The number of hydrogen-bond donors (Lipinski definition) is 1. The van der Waals surface area contributed by atoms with Crippen LogP contribution in [0.5, 0.6) is 0 Å². The second kappa shape index (κ2) is 7.33. The first-order valence-corrected chi connectivity index (χ1v) is 9.28. The van der Waals surface area contributed by atoms with E-state index in [9.17, 15) is 13.2 Å². The topological polar surface area (TPSA) is 85.4 Å². The highest BCUT2D eigenvalue weighted by molar-refractivity contribution is 7.89. The third-order valence-corrected chi connectivity index (χ3v) is 5.01. The molecular weight excluding hydrogens is 340 g/mol. The fraction of sp³-hybridized carbons (Fsp3) is 0.333. The lowest BCUT2D eigenvalue weighted by Crippen LogP contribution is -2.40. The summed E-state index contributed by atoms with van der Waals surface area (Å²) in [5.74, 6) is -0.587. The van der Waals surface area contributed by atoms with Crippen molar-refractivity contribution in [3.8, 4) is 0 Å². The fourth-order valence-electron chi connectivity index (χ4n) is 2.15. The molecule has 1 aromatic carbocycles. The maximum Gasteiger partial charge on any atom is 0.338 e. The average molecular weight is 362 g/mol. The molecule has 2 rings (SSSR count). The van der Waals surface area contributed by atoms with Gasteiger partial charge in [-0.25, -0.2) is 17.9 Å². The second-order valence-electron chi connectivity index (χ2n) is 6.73. The van der Waals surface area contributed by atoms with Crippen molar-refractivity contribution in [2.45, 2.75) is 44.7 Å². The number of esters is 1. The van der Waals surface area contributed by atoms with E-state index >= 15 is 0 Å². The van der Waals surface area contributed by atoms with E-state index in [4.69, 9.17) is 4.74 Å². The molecule has 1 N–H and O–H groups in total. The molecule has 0 saturated carbocycles. The number of hydrogen-bond acceptors (Lipinski definition) is 5. The Morgan fingerprint density at radius 2 is 1.92 bits per heavy atom. The van der Waals surface area contributed by atoms with Crippen LogP contribution in [0, 0.1) is 6.92 Å². The van der Waals surface area contributed by atoms with Crippen molar-refractivity contribution in [1.29, 1.82) is 0 Å². The van der Waals surface area contributed by atoms with E-state index in [2.05, 4.69) is 9.71 Å². The minimum atomic E-state index is -3.73. The minimum absolute atomic E-state index is 0.0241. The molecule has 6 nitrogen and oxygen atoms in total. The number of carbonyl (C=O) groups excluding carboxylic acids is 1. The van der Waals surface area contributed by atoms with Gasteiger partial charge in [-0.05, 0) is 57.5 Å². The normalized spacial score (nSPS) is 12.0. The SMILES string of the molecule is Cc1ccc(S(=O)(=O)NC(C)(C)C)cc1C(=O)OCc1ccccn1. The van der Waals surface area contributed by atoms with E-state index in [1.165, 1.54) is 12.1 Å². The Morgan fingerprint density at radius 3 is 2.52 bits per heavy atom. The predicted molar refractivity (Wildman–Crippen MR) is 94.6 cm³/mol. The molecule has 0 fully saturated rings. The van der Waals surface area contributed by atoms with Crippen molar-refractivity contribution in [2.24, 2.45) is 0 Å². The number of sulfonamides is 1. The van der Waals surface area contributed by atoms with Crippen molar-refractivity contribution in [2.75, 3.05) is 0 Å². The molecule has 2 aromatic rings. The van der Waals surface area contributed by atoms with Crippen LogP contribution < -0.4 is 4.72 Å². The molecule has 7 heteroatoms. The van der Waals surface area contributed by atoms with Crippen LogP contribution in [-0.4, -0.2) is 24.9 Å². The maximum absolute atomic E-state index is 12.4. The van der Waals surface area contributed by atoms with Crippen molar-refractivity contribution >= 4 is 16.0 Å². The van der Waals surface area contributed by atoms with Gasteiger partial charge in [-0.1, -0.05) is 12.1 Å². The number of rotatable bonds is 5. The van der Waals surface area contributed by atoms with Crippen LogP contribution in [0.15, 0.2) is 47.5 Å². The summed E-state index contributed by atoms with van der Waals surface area (Å²) in [6.07, 6.45) is 1.61.